The first-order valence-corrected chi connectivity index (χ1v) is 14.7. The van der Waals surface area contributed by atoms with Gasteiger partial charge in [-0.1, -0.05) is 48.5 Å². The van der Waals surface area contributed by atoms with Crippen molar-refractivity contribution in [3.05, 3.63) is 105 Å². The highest BCUT2D eigenvalue weighted by Crippen LogP contribution is 2.50. The molecule has 0 radical (unpaired) electrons. The van der Waals surface area contributed by atoms with E-state index in [1.54, 1.807) is 48.5 Å². The average Bonchev–Trinajstić information content (AvgIpc) is 3.55. The van der Waals surface area contributed by atoms with Crippen LogP contribution in [0, 0.1) is 0 Å². The lowest BCUT2D eigenvalue weighted by atomic mass is 9.86. The lowest BCUT2D eigenvalue weighted by molar-refractivity contribution is -0.140. The van der Waals surface area contributed by atoms with Gasteiger partial charge in [0.25, 0.3) is 0 Å². The molecule has 5 aromatic rings. The fourth-order valence-electron chi connectivity index (χ4n) is 5.77. The van der Waals surface area contributed by atoms with Gasteiger partial charge in [-0.25, -0.2) is 0 Å². The van der Waals surface area contributed by atoms with Crippen LogP contribution >= 0.6 is 0 Å². The summed E-state index contributed by atoms with van der Waals surface area (Å²) in [5.41, 5.74) is 2.41. The van der Waals surface area contributed by atoms with Crippen molar-refractivity contribution in [2.24, 2.45) is 0 Å². The minimum absolute atomic E-state index is 0.0816. The molecule has 10 nitrogen and oxygen atoms in total. The van der Waals surface area contributed by atoms with Crippen LogP contribution in [-0.4, -0.2) is 48.7 Å². The van der Waals surface area contributed by atoms with E-state index in [0.29, 0.717) is 42.3 Å². The van der Waals surface area contributed by atoms with Gasteiger partial charge in [-0.15, -0.1) is 0 Å². The van der Waals surface area contributed by atoms with Crippen LogP contribution < -0.4 is 19.6 Å². The second-order valence-electron chi connectivity index (χ2n) is 10.9. The Morgan fingerprint density at radius 1 is 0.913 bits per heavy atom. The van der Waals surface area contributed by atoms with Gasteiger partial charge < -0.3 is 38.7 Å². The molecule has 1 aliphatic heterocycles. The van der Waals surface area contributed by atoms with Gasteiger partial charge >= 0.3 is 5.97 Å². The van der Waals surface area contributed by atoms with E-state index >= 15 is 0 Å². The Morgan fingerprint density at radius 2 is 1.72 bits per heavy atom. The summed E-state index contributed by atoms with van der Waals surface area (Å²) in [6.07, 6.45) is 1.22. The van der Waals surface area contributed by atoms with Crippen LogP contribution in [0.15, 0.2) is 82.0 Å². The molecule has 10 heteroatoms. The van der Waals surface area contributed by atoms with E-state index in [4.69, 9.17) is 23.4 Å². The maximum absolute atomic E-state index is 13.3. The number of phenolic OH excluding ortho intramolecular Hbond substituents is 3. The molecule has 0 aliphatic carbocycles. The Morgan fingerprint density at radius 3 is 2.48 bits per heavy atom. The SMILES string of the molecule is COC(=O)C[C@@H](c1ccc(OCCc2ccc3c(c2)CCO3)c(OC)c1)c1c(O)c(O)c(O)c2c(=O)cc(-c3ccccc3)oc12. The predicted molar refractivity (Wildman–Crippen MR) is 169 cm³/mol. The Bertz CT molecular complexity index is 1980. The molecule has 1 aliphatic rings. The second kappa shape index (κ2) is 12.8. The van der Waals surface area contributed by atoms with Crippen LogP contribution in [0.3, 0.4) is 0 Å². The minimum atomic E-state index is -1.01. The molecule has 0 bridgehead atoms. The zero-order valence-corrected chi connectivity index (χ0v) is 25.2. The highest BCUT2D eigenvalue weighted by Gasteiger charge is 2.32. The summed E-state index contributed by atoms with van der Waals surface area (Å²) < 4.78 is 28.4. The molecule has 6 rings (SSSR count). The Labute approximate surface area is 264 Å². The number of carbonyl (C=O) groups excluding carboxylic acids is 1. The van der Waals surface area contributed by atoms with Gasteiger partial charge in [-0.2, -0.15) is 0 Å². The molecule has 0 fully saturated rings. The van der Waals surface area contributed by atoms with E-state index in [0.717, 1.165) is 17.7 Å². The number of hydrogen-bond donors (Lipinski definition) is 3. The largest absolute Gasteiger partial charge is 0.504 e. The normalized spacial score (nSPS) is 12.7. The van der Waals surface area contributed by atoms with E-state index in [-0.39, 0.29) is 28.7 Å². The number of carbonyl (C=O) groups is 1. The van der Waals surface area contributed by atoms with Crippen molar-refractivity contribution >= 4 is 16.9 Å². The van der Waals surface area contributed by atoms with Gasteiger partial charge in [0.1, 0.15) is 22.5 Å². The van der Waals surface area contributed by atoms with E-state index < -0.39 is 34.6 Å². The summed E-state index contributed by atoms with van der Waals surface area (Å²) in [6.45, 7) is 1.05. The van der Waals surface area contributed by atoms with Crippen molar-refractivity contribution in [3.63, 3.8) is 0 Å². The molecular formula is C36H32O10. The number of esters is 1. The van der Waals surface area contributed by atoms with Crippen molar-refractivity contribution in [2.75, 3.05) is 27.4 Å². The molecule has 0 saturated heterocycles. The zero-order chi connectivity index (χ0) is 32.4. The van der Waals surface area contributed by atoms with Crippen molar-refractivity contribution in [2.45, 2.75) is 25.2 Å². The summed E-state index contributed by atoms with van der Waals surface area (Å²) in [6, 6.07) is 21.1. The maximum Gasteiger partial charge on any atom is 0.306 e. The molecule has 4 aromatic carbocycles. The highest BCUT2D eigenvalue weighted by molar-refractivity contribution is 5.93. The topological polar surface area (TPSA) is 145 Å². The van der Waals surface area contributed by atoms with Gasteiger partial charge in [0, 0.05) is 36.0 Å². The van der Waals surface area contributed by atoms with Crippen LogP contribution in [0.25, 0.3) is 22.3 Å². The number of phenols is 3. The Balaban J connectivity index is 1.40. The molecule has 0 amide bonds. The number of ether oxygens (including phenoxy) is 4. The van der Waals surface area contributed by atoms with Crippen LogP contribution in [-0.2, 0) is 22.4 Å². The summed E-state index contributed by atoms with van der Waals surface area (Å²) in [5.74, 6) is -2.25. The maximum atomic E-state index is 13.3. The summed E-state index contributed by atoms with van der Waals surface area (Å²) in [4.78, 5) is 26.0. The zero-order valence-electron chi connectivity index (χ0n) is 25.2. The van der Waals surface area contributed by atoms with E-state index in [9.17, 15) is 24.9 Å². The predicted octanol–water partition coefficient (Wildman–Crippen LogP) is 5.84. The quantitative estimate of drug-likeness (QED) is 0.128. The van der Waals surface area contributed by atoms with Gasteiger partial charge in [0.2, 0.25) is 5.75 Å². The fourth-order valence-corrected chi connectivity index (χ4v) is 5.77. The second-order valence-corrected chi connectivity index (χ2v) is 10.9. The van der Waals surface area contributed by atoms with Crippen LogP contribution in [0.2, 0.25) is 0 Å². The van der Waals surface area contributed by atoms with Crippen LogP contribution in [0.4, 0.5) is 0 Å². The number of aromatic hydroxyl groups is 3. The number of methoxy groups -OCH3 is 2. The molecule has 0 unspecified atom stereocenters. The first-order valence-electron chi connectivity index (χ1n) is 14.7. The average molecular weight is 625 g/mol. The minimum Gasteiger partial charge on any atom is -0.504 e. The molecule has 0 spiro atoms. The van der Waals surface area contributed by atoms with E-state index in [2.05, 4.69) is 6.07 Å². The fraction of sp³-hybridized carbons (Fsp3) is 0.222. The smallest absolute Gasteiger partial charge is 0.306 e. The van der Waals surface area contributed by atoms with Crippen molar-refractivity contribution in [1.82, 2.24) is 0 Å². The third-order valence-electron chi connectivity index (χ3n) is 8.13. The van der Waals surface area contributed by atoms with Crippen molar-refractivity contribution < 1.29 is 43.5 Å². The van der Waals surface area contributed by atoms with Crippen LogP contribution in [0.1, 0.15) is 34.6 Å². The van der Waals surface area contributed by atoms with E-state index in [1.807, 2.05) is 12.1 Å². The third kappa shape index (κ3) is 5.77. The molecule has 46 heavy (non-hydrogen) atoms. The number of hydrogen-bond acceptors (Lipinski definition) is 10. The molecule has 2 heterocycles. The van der Waals surface area contributed by atoms with Gasteiger partial charge in [-0.05, 0) is 34.9 Å². The highest BCUT2D eigenvalue weighted by atomic mass is 16.5. The molecule has 3 N–H and O–H groups in total. The van der Waals surface area contributed by atoms with Crippen LogP contribution in [0.5, 0.6) is 34.5 Å². The van der Waals surface area contributed by atoms with Crippen molar-refractivity contribution in [1.29, 1.82) is 0 Å². The van der Waals surface area contributed by atoms with Crippen molar-refractivity contribution in [3.8, 4) is 45.8 Å². The van der Waals surface area contributed by atoms with Gasteiger partial charge in [0.15, 0.2) is 28.4 Å². The standard InChI is InChI=1S/C36H32O10/c1-42-29-17-22(9-11-27(29)45-14-12-20-8-10-26-23(16-20)13-15-44-26)24(18-30(38)43-2)31-33(39)35(41)34(40)32-25(37)19-28(46-36(31)32)21-6-4-3-5-7-21/h3-11,16-17,19,24,39-41H,12-15,18H2,1-2H3/t24-/m0/s1. The van der Waals surface area contributed by atoms with Gasteiger partial charge in [-0.3, -0.25) is 9.59 Å². The molecule has 1 atom stereocenters. The Hall–Kier alpha value is -5.64. The summed E-state index contributed by atoms with van der Waals surface area (Å²) in [5, 5.41) is 32.3. The summed E-state index contributed by atoms with van der Waals surface area (Å²) in [7, 11) is 2.71. The Kier molecular flexibility index (Phi) is 8.43. The molecule has 1 aromatic heterocycles. The molecule has 0 saturated carbocycles. The lowest BCUT2D eigenvalue weighted by Crippen LogP contribution is -2.13. The third-order valence-corrected chi connectivity index (χ3v) is 8.13. The molecular weight excluding hydrogens is 592 g/mol. The summed E-state index contributed by atoms with van der Waals surface area (Å²) >= 11 is 0. The first-order chi connectivity index (χ1) is 22.3. The number of rotatable bonds is 10. The number of fused-ring (bicyclic) bond motifs is 2. The first kappa shape index (κ1) is 30.4. The van der Waals surface area contributed by atoms with E-state index in [1.165, 1.54) is 25.8 Å². The lowest BCUT2D eigenvalue weighted by Gasteiger charge is -2.22. The van der Waals surface area contributed by atoms with Gasteiger partial charge in [0.05, 0.1) is 33.9 Å². The molecule has 236 valence electrons. The monoisotopic (exact) mass is 624 g/mol. The number of benzene rings is 4.